The molecule has 0 radical (unpaired) electrons. The summed E-state index contributed by atoms with van der Waals surface area (Å²) in [6.07, 6.45) is 16.0. The molecule has 1 atom stereocenters. The second-order valence-corrected chi connectivity index (χ2v) is 11.7. The zero-order valence-electron chi connectivity index (χ0n) is 26.7. The summed E-state index contributed by atoms with van der Waals surface area (Å²) < 4.78 is 0. The lowest BCUT2D eigenvalue weighted by atomic mass is 9.70. The minimum absolute atomic E-state index is 0.290. The Morgan fingerprint density at radius 3 is 2.02 bits per heavy atom. The van der Waals surface area contributed by atoms with Gasteiger partial charge >= 0.3 is 0 Å². The van der Waals surface area contributed by atoms with E-state index in [1.165, 1.54) is 76.7 Å². The first-order valence-corrected chi connectivity index (χ1v) is 15.7. The zero-order valence-corrected chi connectivity index (χ0v) is 26.7. The molecule has 0 bridgehead atoms. The van der Waals surface area contributed by atoms with E-state index in [2.05, 4.69) is 151 Å². The Morgan fingerprint density at radius 1 is 0.791 bits per heavy atom. The van der Waals surface area contributed by atoms with Gasteiger partial charge in [-0.25, -0.2) is 0 Å². The number of benzene rings is 5. The van der Waals surface area contributed by atoms with Crippen molar-refractivity contribution in [3.8, 4) is 11.1 Å². The van der Waals surface area contributed by atoms with Gasteiger partial charge in [0.25, 0.3) is 0 Å². The minimum Gasteiger partial charge on any atom is -0.0991 e. The molecule has 0 N–H and O–H groups in total. The summed E-state index contributed by atoms with van der Waals surface area (Å²) in [5.74, 6) is 0.290. The highest BCUT2D eigenvalue weighted by Gasteiger charge is 2.20. The van der Waals surface area contributed by atoms with Gasteiger partial charge in [0.05, 0.1) is 0 Å². The van der Waals surface area contributed by atoms with Gasteiger partial charge in [-0.2, -0.15) is 0 Å². The summed E-state index contributed by atoms with van der Waals surface area (Å²) in [6, 6.07) is 27.8. The van der Waals surface area contributed by atoms with E-state index in [9.17, 15) is 0 Å². The maximum atomic E-state index is 3.84. The molecule has 0 nitrogen and oxygen atoms in total. The SMILES string of the molecule is C=C/C=C\C=C(/C)c1ccccc1-c1cc2c3ccc(C)cc3c3cc(C)ccc3c2cc1C(/C=C(BC)\C=C/C)CC. The molecule has 0 amide bonds. The highest BCUT2D eigenvalue weighted by molar-refractivity contribution is 6.44. The van der Waals surface area contributed by atoms with Crippen LogP contribution in [0.3, 0.4) is 0 Å². The lowest BCUT2D eigenvalue weighted by Gasteiger charge is -2.22. The Kier molecular flexibility index (Phi) is 9.32. The molecule has 0 fully saturated rings. The van der Waals surface area contributed by atoms with Gasteiger partial charge in [0, 0.05) is 5.92 Å². The van der Waals surface area contributed by atoms with Crippen molar-refractivity contribution in [2.24, 2.45) is 0 Å². The average Bonchev–Trinajstić information content (AvgIpc) is 3.02. The normalized spacial score (nSPS) is 13.5. The summed E-state index contributed by atoms with van der Waals surface area (Å²) in [4.78, 5) is 0. The van der Waals surface area contributed by atoms with E-state index < -0.39 is 0 Å². The third-order valence-electron chi connectivity index (χ3n) is 8.69. The predicted molar refractivity (Wildman–Crippen MR) is 196 cm³/mol. The first-order valence-electron chi connectivity index (χ1n) is 15.7. The maximum Gasteiger partial charge on any atom is 0.154 e. The third kappa shape index (κ3) is 6.09. The van der Waals surface area contributed by atoms with Gasteiger partial charge in [0.1, 0.15) is 0 Å². The van der Waals surface area contributed by atoms with Crippen molar-refractivity contribution in [1.82, 2.24) is 0 Å². The first kappa shape index (κ1) is 30.1. The van der Waals surface area contributed by atoms with E-state index in [0.717, 1.165) is 13.7 Å². The Bertz CT molecular complexity index is 1940. The summed E-state index contributed by atoms with van der Waals surface area (Å²) in [5, 5.41) is 7.96. The van der Waals surface area contributed by atoms with Gasteiger partial charge < -0.3 is 0 Å². The van der Waals surface area contributed by atoms with Gasteiger partial charge in [0.2, 0.25) is 0 Å². The van der Waals surface area contributed by atoms with E-state index in [1.807, 2.05) is 12.2 Å². The third-order valence-corrected chi connectivity index (χ3v) is 8.69. The van der Waals surface area contributed by atoms with Crippen molar-refractivity contribution in [3.63, 3.8) is 0 Å². The molecule has 0 aliphatic rings. The molecule has 0 saturated carbocycles. The van der Waals surface area contributed by atoms with Crippen molar-refractivity contribution in [2.75, 3.05) is 0 Å². The Balaban J connectivity index is 1.94. The molecule has 43 heavy (non-hydrogen) atoms. The van der Waals surface area contributed by atoms with Crippen LogP contribution in [0.2, 0.25) is 6.82 Å². The Hall–Kier alpha value is -4.36. The number of hydrogen-bond acceptors (Lipinski definition) is 0. The molecule has 0 heterocycles. The highest BCUT2D eigenvalue weighted by Crippen LogP contribution is 2.43. The van der Waals surface area contributed by atoms with Gasteiger partial charge in [-0.3, -0.25) is 0 Å². The fourth-order valence-corrected chi connectivity index (χ4v) is 6.46. The highest BCUT2D eigenvalue weighted by atomic mass is 14.2. The van der Waals surface area contributed by atoms with Crippen LogP contribution in [0.15, 0.2) is 127 Å². The van der Waals surface area contributed by atoms with Crippen LogP contribution >= 0.6 is 0 Å². The minimum atomic E-state index is 0.290. The van der Waals surface area contributed by atoms with Crippen LogP contribution in [0.1, 0.15) is 55.4 Å². The molecule has 0 aliphatic carbocycles. The van der Waals surface area contributed by atoms with Crippen molar-refractivity contribution in [1.29, 1.82) is 0 Å². The monoisotopic (exact) mass is 558 g/mol. The van der Waals surface area contributed by atoms with Gasteiger partial charge in [-0.05, 0) is 106 Å². The number of aryl methyl sites for hydroxylation is 2. The standard InChI is InChI=1S/C42H43B/c1-8-11-12-16-30(6)33-17-13-14-18-34(33)40-27-42-36-22-20-29(5)24-39(36)38-23-28(4)19-21-35(38)41(42)26-37(40)31(10-3)25-32(43-7)15-9-2/h8-9,11-27,31,43H,1,10H2,2-7H3/b12-11-,15-9-,30-16+,32-25+. The Labute approximate surface area is 259 Å². The van der Waals surface area contributed by atoms with Crippen molar-refractivity contribution in [3.05, 3.63) is 150 Å². The summed E-state index contributed by atoms with van der Waals surface area (Å²) in [5.41, 5.74) is 10.4. The maximum absolute atomic E-state index is 3.84. The molecule has 0 saturated heterocycles. The number of hydrogen-bond donors (Lipinski definition) is 0. The fraction of sp³-hybridized carbons (Fsp3) is 0.190. The molecule has 5 rings (SSSR count). The fourth-order valence-electron chi connectivity index (χ4n) is 6.46. The van der Waals surface area contributed by atoms with Gasteiger partial charge in [-0.15, -0.1) is 0 Å². The molecule has 0 spiro atoms. The number of fused-ring (bicyclic) bond motifs is 6. The van der Waals surface area contributed by atoms with Crippen LogP contribution < -0.4 is 0 Å². The van der Waals surface area contributed by atoms with Gasteiger partial charge in [0.15, 0.2) is 7.28 Å². The molecule has 5 aromatic rings. The molecule has 1 heteroatoms. The van der Waals surface area contributed by atoms with Crippen molar-refractivity contribution >= 4 is 45.2 Å². The summed E-state index contributed by atoms with van der Waals surface area (Å²) in [7, 11) is 1.02. The van der Waals surface area contributed by atoms with Crippen LogP contribution in [0, 0.1) is 13.8 Å². The van der Waals surface area contributed by atoms with Gasteiger partial charge in [-0.1, -0.05) is 140 Å². The second-order valence-electron chi connectivity index (χ2n) is 11.7. The lowest BCUT2D eigenvalue weighted by molar-refractivity contribution is 0.807. The largest absolute Gasteiger partial charge is 0.154 e. The second kappa shape index (κ2) is 13.3. The van der Waals surface area contributed by atoms with Crippen molar-refractivity contribution in [2.45, 2.75) is 53.8 Å². The van der Waals surface area contributed by atoms with E-state index in [-0.39, 0.29) is 5.92 Å². The zero-order chi connectivity index (χ0) is 30.5. The number of allylic oxidation sites excluding steroid dienone is 9. The summed E-state index contributed by atoms with van der Waals surface area (Å²) in [6.45, 7) is 17.1. The van der Waals surface area contributed by atoms with Crippen LogP contribution in [0.5, 0.6) is 0 Å². The lowest BCUT2D eigenvalue weighted by Crippen LogP contribution is -2.02. The van der Waals surface area contributed by atoms with E-state index >= 15 is 0 Å². The van der Waals surface area contributed by atoms with Crippen LogP contribution in [0.4, 0.5) is 0 Å². The van der Waals surface area contributed by atoms with Crippen molar-refractivity contribution < 1.29 is 0 Å². The predicted octanol–water partition coefficient (Wildman–Crippen LogP) is 12.0. The van der Waals surface area contributed by atoms with E-state index in [1.54, 1.807) is 0 Å². The average molecular weight is 559 g/mol. The molecular weight excluding hydrogens is 515 g/mol. The molecule has 0 aromatic heterocycles. The quantitative estimate of drug-likeness (QED) is 0.0959. The van der Waals surface area contributed by atoms with Crippen LogP contribution in [-0.4, -0.2) is 7.28 Å². The molecule has 1 unspecified atom stereocenters. The number of rotatable bonds is 9. The van der Waals surface area contributed by atoms with Crippen LogP contribution in [-0.2, 0) is 0 Å². The molecule has 5 aromatic carbocycles. The molecule has 214 valence electrons. The van der Waals surface area contributed by atoms with E-state index in [0.29, 0.717) is 0 Å². The molecule has 0 aliphatic heterocycles. The van der Waals surface area contributed by atoms with Crippen LogP contribution in [0.25, 0.3) is 49.0 Å². The smallest absolute Gasteiger partial charge is 0.0991 e. The van der Waals surface area contributed by atoms with E-state index in [4.69, 9.17) is 0 Å². The molecular formula is C42H43B. The Morgan fingerprint density at radius 2 is 1.42 bits per heavy atom. The summed E-state index contributed by atoms with van der Waals surface area (Å²) >= 11 is 0. The first-order chi connectivity index (χ1) is 20.9. The topological polar surface area (TPSA) is 0 Å².